The molecule has 0 aliphatic carbocycles. The van der Waals surface area contributed by atoms with Crippen LogP contribution >= 0.6 is 0 Å². The van der Waals surface area contributed by atoms with E-state index in [2.05, 4.69) is 78.7 Å². The summed E-state index contributed by atoms with van der Waals surface area (Å²) in [6.45, 7) is 2.13. The average molecular weight is 272 g/mol. The van der Waals surface area contributed by atoms with Crippen molar-refractivity contribution in [1.29, 1.82) is 0 Å². The SMILES string of the molecule is C[N+](C)(C)Cc1ccc2ccc(C[N+](C)(C)C)cc2c1. The lowest BCUT2D eigenvalue weighted by Gasteiger charge is -2.24. The van der Waals surface area contributed by atoms with Crippen LogP contribution in [0.1, 0.15) is 11.1 Å². The molecule has 2 aromatic rings. The van der Waals surface area contributed by atoms with E-state index in [4.69, 9.17) is 0 Å². The number of benzene rings is 2. The molecule has 0 fully saturated rings. The van der Waals surface area contributed by atoms with Gasteiger partial charge in [-0.25, -0.2) is 0 Å². The van der Waals surface area contributed by atoms with Gasteiger partial charge in [-0.1, -0.05) is 24.3 Å². The molecule has 2 aromatic carbocycles. The van der Waals surface area contributed by atoms with Crippen LogP contribution in [0.5, 0.6) is 0 Å². The zero-order chi connectivity index (χ0) is 15.0. The van der Waals surface area contributed by atoms with Gasteiger partial charge in [-0.2, -0.15) is 0 Å². The molecule has 108 valence electrons. The van der Waals surface area contributed by atoms with Crippen molar-refractivity contribution in [3.63, 3.8) is 0 Å². The molecule has 0 aromatic heterocycles. The van der Waals surface area contributed by atoms with Gasteiger partial charge in [-0.15, -0.1) is 0 Å². The highest BCUT2D eigenvalue weighted by atomic mass is 15.3. The summed E-state index contributed by atoms with van der Waals surface area (Å²) in [5, 5.41) is 2.70. The summed E-state index contributed by atoms with van der Waals surface area (Å²) in [4.78, 5) is 0. The lowest BCUT2D eigenvalue weighted by Crippen LogP contribution is -2.33. The van der Waals surface area contributed by atoms with Crippen LogP contribution in [0, 0.1) is 0 Å². The van der Waals surface area contributed by atoms with Crippen molar-refractivity contribution < 1.29 is 8.97 Å². The van der Waals surface area contributed by atoms with Crippen molar-refractivity contribution in [2.45, 2.75) is 13.1 Å². The molecule has 0 spiro atoms. The summed E-state index contributed by atoms with van der Waals surface area (Å²) < 4.78 is 1.92. The molecule has 0 aliphatic heterocycles. The summed E-state index contributed by atoms with van der Waals surface area (Å²) in [5.74, 6) is 0. The molecule has 0 atom stereocenters. The largest absolute Gasteiger partial charge is 0.327 e. The van der Waals surface area contributed by atoms with Crippen molar-refractivity contribution >= 4 is 10.8 Å². The van der Waals surface area contributed by atoms with E-state index in [0.717, 1.165) is 22.1 Å². The molecule has 0 saturated carbocycles. The molecular formula is C18H28N2+2. The normalized spacial score (nSPS) is 12.9. The molecule has 0 unspecified atom stereocenters. The van der Waals surface area contributed by atoms with Gasteiger partial charge in [-0.05, 0) is 22.9 Å². The summed E-state index contributed by atoms with van der Waals surface area (Å²) >= 11 is 0. The van der Waals surface area contributed by atoms with Gasteiger partial charge in [0.15, 0.2) is 0 Å². The molecule has 2 rings (SSSR count). The molecule has 0 amide bonds. The smallest absolute Gasteiger partial charge is 0.104 e. The third-order valence-corrected chi connectivity index (χ3v) is 3.28. The maximum absolute atomic E-state index is 2.35. The highest BCUT2D eigenvalue weighted by Crippen LogP contribution is 2.20. The lowest BCUT2D eigenvalue weighted by molar-refractivity contribution is -0.884. The number of hydrogen-bond donors (Lipinski definition) is 0. The Hall–Kier alpha value is -1.38. The van der Waals surface area contributed by atoms with E-state index in [1.165, 1.54) is 21.9 Å². The second-order valence-corrected chi connectivity index (χ2v) is 7.91. The zero-order valence-electron chi connectivity index (χ0n) is 13.8. The Morgan fingerprint density at radius 2 is 1.00 bits per heavy atom. The molecule has 0 N–H and O–H groups in total. The molecule has 2 heteroatoms. The molecule has 0 saturated heterocycles. The number of nitrogens with zero attached hydrogens (tertiary/aromatic N) is 2. The Bertz CT molecular complexity index is 550. The Labute approximate surface area is 123 Å². The number of hydrogen-bond acceptors (Lipinski definition) is 0. The summed E-state index contributed by atoms with van der Waals surface area (Å²) in [5.41, 5.74) is 2.82. The molecule has 0 bridgehead atoms. The predicted octanol–water partition coefficient (Wildman–Crippen LogP) is 3.25. The van der Waals surface area contributed by atoms with Gasteiger partial charge in [0.1, 0.15) is 13.1 Å². The van der Waals surface area contributed by atoms with Crippen LogP contribution in [0.2, 0.25) is 0 Å². The lowest BCUT2D eigenvalue weighted by atomic mass is 10.0. The Morgan fingerprint density at radius 1 is 0.600 bits per heavy atom. The summed E-state index contributed by atoms with van der Waals surface area (Å²) in [6, 6.07) is 13.7. The summed E-state index contributed by atoms with van der Waals surface area (Å²) in [6.07, 6.45) is 0. The minimum atomic E-state index is 0.962. The van der Waals surface area contributed by atoms with Crippen molar-refractivity contribution in [2.24, 2.45) is 0 Å². The Balaban J connectivity index is 2.34. The molecule has 0 aliphatic rings. The number of quaternary nitrogens is 2. The van der Waals surface area contributed by atoms with Crippen molar-refractivity contribution in [3.05, 3.63) is 47.5 Å². The van der Waals surface area contributed by atoms with E-state index in [1.807, 2.05) is 0 Å². The third-order valence-electron chi connectivity index (χ3n) is 3.28. The van der Waals surface area contributed by atoms with E-state index in [9.17, 15) is 0 Å². The minimum Gasteiger partial charge on any atom is -0.327 e. The van der Waals surface area contributed by atoms with Gasteiger partial charge in [0.05, 0.1) is 42.3 Å². The van der Waals surface area contributed by atoms with Gasteiger partial charge in [0.25, 0.3) is 0 Å². The van der Waals surface area contributed by atoms with Gasteiger partial charge in [0, 0.05) is 11.1 Å². The number of rotatable bonds is 4. The Morgan fingerprint density at radius 3 is 1.35 bits per heavy atom. The van der Waals surface area contributed by atoms with Crippen LogP contribution in [-0.2, 0) is 13.1 Å². The van der Waals surface area contributed by atoms with Crippen LogP contribution in [-0.4, -0.2) is 51.3 Å². The maximum Gasteiger partial charge on any atom is 0.104 e. The van der Waals surface area contributed by atoms with Gasteiger partial charge < -0.3 is 8.97 Å². The van der Waals surface area contributed by atoms with Crippen LogP contribution in [0.25, 0.3) is 10.8 Å². The predicted molar refractivity (Wildman–Crippen MR) is 87.4 cm³/mol. The zero-order valence-corrected chi connectivity index (χ0v) is 13.8. The van der Waals surface area contributed by atoms with Crippen LogP contribution in [0.3, 0.4) is 0 Å². The first-order valence-corrected chi connectivity index (χ1v) is 7.25. The van der Waals surface area contributed by atoms with Crippen LogP contribution in [0.15, 0.2) is 36.4 Å². The molecular weight excluding hydrogens is 244 g/mol. The van der Waals surface area contributed by atoms with Crippen molar-refractivity contribution in [3.8, 4) is 0 Å². The van der Waals surface area contributed by atoms with E-state index >= 15 is 0 Å². The number of fused-ring (bicyclic) bond motifs is 1. The monoisotopic (exact) mass is 272 g/mol. The molecule has 2 nitrogen and oxygen atoms in total. The van der Waals surface area contributed by atoms with Crippen molar-refractivity contribution in [1.82, 2.24) is 0 Å². The van der Waals surface area contributed by atoms with Gasteiger partial charge in [-0.3, -0.25) is 0 Å². The highest BCUT2D eigenvalue weighted by molar-refractivity contribution is 5.83. The second kappa shape index (κ2) is 5.19. The molecule has 0 radical (unpaired) electrons. The molecule has 0 heterocycles. The minimum absolute atomic E-state index is 0.962. The average Bonchev–Trinajstić information content (AvgIpc) is 2.23. The fourth-order valence-corrected chi connectivity index (χ4v) is 2.64. The van der Waals surface area contributed by atoms with E-state index in [-0.39, 0.29) is 0 Å². The van der Waals surface area contributed by atoms with Crippen LogP contribution < -0.4 is 0 Å². The Kier molecular flexibility index (Phi) is 3.90. The van der Waals surface area contributed by atoms with E-state index in [0.29, 0.717) is 0 Å². The topological polar surface area (TPSA) is 0 Å². The maximum atomic E-state index is 2.35. The van der Waals surface area contributed by atoms with E-state index < -0.39 is 0 Å². The van der Waals surface area contributed by atoms with Gasteiger partial charge >= 0.3 is 0 Å². The van der Waals surface area contributed by atoms with Gasteiger partial charge in [0.2, 0.25) is 0 Å². The highest BCUT2D eigenvalue weighted by Gasteiger charge is 2.11. The fourth-order valence-electron chi connectivity index (χ4n) is 2.64. The molecule has 20 heavy (non-hydrogen) atoms. The van der Waals surface area contributed by atoms with Crippen molar-refractivity contribution in [2.75, 3.05) is 42.3 Å². The van der Waals surface area contributed by atoms with Crippen LogP contribution in [0.4, 0.5) is 0 Å². The summed E-state index contributed by atoms with van der Waals surface area (Å²) in [7, 11) is 13.4. The van der Waals surface area contributed by atoms with E-state index in [1.54, 1.807) is 0 Å². The standard InChI is InChI=1S/C18H28N2/c1-19(2,3)13-15-7-9-17-10-8-16(12-18(17)11-15)14-20(4,5)6/h7-12H,13-14H2,1-6H3/q+2. The first-order chi connectivity index (χ1) is 9.12. The fraction of sp³-hybridized carbons (Fsp3) is 0.444. The third kappa shape index (κ3) is 4.32. The first kappa shape index (κ1) is 15.0. The quantitative estimate of drug-likeness (QED) is 0.750. The second-order valence-electron chi connectivity index (χ2n) is 7.91. The first-order valence-electron chi connectivity index (χ1n) is 7.25.